The summed E-state index contributed by atoms with van der Waals surface area (Å²) < 4.78 is 5.27. The van der Waals surface area contributed by atoms with E-state index in [0.717, 1.165) is 0 Å². The van der Waals surface area contributed by atoms with Crippen LogP contribution in [0.2, 0.25) is 0 Å². The van der Waals surface area contributed by atoms with Gasteiger partial charge in [-0.05, 0) is 30.5 Å². The van der Waals surface area contributed by atoms with Gasteiger partial charge in [-0.3, -0.25) is 0 Å². The molecule has 17 heavy (non-hydrogen) atoms. The van der Waals surface area contributed by atoms with Gasteiger partial charge in [0, 0.05) is 7.11 Å². The van der Waals surface area contributed by atoms with Crippen molar-refractivity contribution in [2.45, 2.75) is 20.5 Å². The van der Waals surface area contributed by atoms with Crippen molar-refractivity contribution in [1.29, 1.82) is 0 Å². The van der Waals surface area contributed by atoms with Crippen LogP contribution in [0.15, 0.2) is 42.5 Å². The van der Waals surface area contributed by atoms with E-state index in [1.807, 2.05) is 0 Å². The van der Waals surface area contributed by atoms with Crippen molar-refractivity contribution in [3.8, 4) is 11.1 Å². The van der Waals surface area contributed by atoms with Crippen molar-refractivity contribution in [3.05, 3.63) is 59.2 Å². The number of ether oxygens (including phenoxy) is 1. The Morgan fingerprint density at radius 2 is 1.53 bits per heavy atom. The molecule has 0 spiro atoms. The summed E-state index contributed by atoms with van der Waals surface area (Å²) in [6.45, 7) is 4.87. The van der Waals surface area contributed by atoms with Crippen molar-refractivity contribution in [3.63, 3.8) is 0 Å². The lowest BCUT2D eigenvalue weighted by Crippen LogP contribution is -1.93. The minimum absolute atomic E-state index is 0.658. The molecule has 0 aromatic heterocycles. The van der Waals surface area contributed by atoms with Gasteiger partial charge < -0.3 is 4.74 Å². The van der Waals surface area contributed by atoms with Crippen LogP contribution in [0.1, 0.15) is 16.7 Å². The molecule has 88 valence electrons. The predicted molar refractivity (Wildman–Crippen MR) is 72.1 cm³/mol. The second-order valence-electron chi connectivity index (χ2n) is 4.46. The molecule has 0 fully saturated rings. The summed E-state index contributed by atoms with van der Waals surface area (Å²) >= 11 is 0. The quantitative estimate of drug-likeness (QED) is 0.765. The van der Waals surface area contributed by atoms with Crippen molar-refractivity contribution in [1.82, 2.24) is 0 Å². The highest BCUT2D eigenvalue weighted by Crippen LogP contribution is 2.25. The third kappa shape index (κ3) is 2.75. The van der Waals surface area contributed by atoms with Crippen LogP contribution in [0.4, 0.5) is 0 Å². The molecule has 0 aliphatic heterocycles. The molecule has 2 rings (SSSR count). The van der Waals surface area contributed by atoms with Crippen LogP contribution in [-0.2, 0) is 11.3 Å². The zero-order chi connectivity index (χ0) is 12.3. The number of aryl methyl sites for hydroxylation is 2. The Bertz CT molecular complexity index is 497. The third-order valence-corrected chi connectivity index (χ3v) is 2.92. The van der Waals surface area contributed by atoms with Gasteiger partial charge >= 0.3 is 0 Å². The predicted octanol–water partition coefficient (Wildman–Crippen LogP) is 4.12. The molecule has 0 unspecified atom stereocenters. The average molecular weight is 226 g/mol. The Kier molecular flexibility index (Phi) is 3.60. The molecule has 0 saturated carbocycles. The number of hydrogen-bond acceptors (Lipinski definition) is 1. The van der Waals surface area contributed by atoms with Crippen molar-refractivity contribution in [2.75, 3.05) is 7.11 Å². The summed E-state index contributed by atoms with van der Waals surface area (Å²) in [6, 6.07) is 15.1. The van der Waals surface area contributed by atoms with Gasteiger partial charge in [0.15, 0.2) is 0 Å². The van der Waals surface area contributed by atoms with Gasteiger partial charge in [-0.25, -0.2) is 0 Å². The molecular formula is C16H18O. The Hall–Kier alpha value is -1.60. The molecule has 0 saturated heterocycles. The Balaban J connectivity index is 2.46. The second kappa shape index (κ2) is 5.15. The van der Waals surface area contributed by atoms with Gasteiger partial charge in [0.05, 0.1) is 6.61 Å². The molecule has 0 atom stereocenters. The van der Waals surface area contributed by atoms with Crippen LogP contribution in [0.25, 0.3) is 11.1 Å². The molecule has 0 aliphatic carbocycles. The topological polar surface area (TPSA) is 9.23 Å². The zero-order valence-corrected chi connectivity index (χ0v) is 10.7. The second-order valence-corrected chi connectivity index (χ2v) is 4.46. The lowest BCUT2D eigenvalue weighted by atomic mass is 9.97. The van der Waals surface area contributed by atoms with Gasteiger partial charge in [-0.2, -0.15) is 0 Å². The summed E-state index contributed by atoms with van der Waals surface area (Å²) in [6.07, 6.45) is 0. The molecule has 0 N–H and O–H groups in total. The van der Waals surface area contributed by atoms with Gasteiger partial charge in [0.2, 0.25) is 0 Å². The van der Waals surface area contributed by atoms with E-state index in [1.165, 1.54) is 27.8 Å². The van der Waals surface area contributed by atoms with Crippen molar-refractivity contribution >= 4 is 0 Å². The lowest BCUT2D eigenvalue weighted by Gasteiger charge is -2.10. The Labute approximate surface area is 103 Å². The van der Waals surface area contributed by atoms with E-state index >= 15 is 0 Å². The van der Waals surface area contributed by atoms with E-state index in [1.54, 1.807) is 7.11 Å². The standard InChI is InChI=1S/C16H18O/c1-12-4-7-14(8-5-12)16-9-6-13(2)10-15(16)11-17-3/h4-10H,11H2,1-3H3. The van der Waals surface area contributed by atoms with Crippen molar-refractivity contribution in [2.24, 2.45) is 0 Å². The maximum atomic E-state index is 5.27. The Morgan fingerprint density at radius 1 is 0.882 bits per heavy atom. The van der Waals surface area contributed by atoms with Crippen LogP contribution in [-0.4, -0.2) is 7.11 Å². The fourth-order valence-electron chi connectivity index (χ4n) is 2.01. The molecule has 0 bridgehead atoms. The molecule has 0 amide bonds. The first kappa shape index (κ1) is 11.9. The molecule has 1 heteroatoms. The molecule has 2 aromatic carbocycles. The first-order valence-corrected chi connectivity index (χ1v) is 5.86. The van der Waals surface area contributed by atoms with Gasteiger partial charge in [-0.15, -0.1) is 0 Å². The minimum Gasteiger partial charge on any atom is -0.380 e. The van der Waals surface area contributed by atoms with Gasteiger partial charge in [0.1, 0.15) is 0 Å². The summed E-state index contributed by atoms with van der Waals surface area (Å²) in [5.41, 5.74) is 6.32. The van der Waals surface area contributed by atoms with E-state index in [0.29, 0.717) is 6.61 Å². The molecule has 0 heterocycles. The largest absolute Gasteiger partial charge is 0.380 e. The SMILES string of the molecule is COCc1cc(C)ccc1-c1ccc(C)cc1. The number of rotatable bonds is 3. The van der Waals surface area contributed by atoms with Crippen LogP contribution in [0.3, 0.4) is 0 Å². The maximum Gasteiger partial charge on any atom is 0.0719 e. The van der Waals surface area contributed by atoms with Crippen molar-refractivity contribution < 1.29 is 4.74 Å². The van der Waals surface area contributed by atoms with E-state index in [-0.39, 0.29) is 0 Å². The highest BCUT2D eigenvalue weighted by molar-refractivity contribution is 5.68. The summed E-state index contributed by atoms with van der Waals surface area (Å²) in [5.74, 6) is 0. The Morgan fingerprint density at radius 3 is 2.18 bits per heavy atom. The van der Waals surface area contributed by atoms with E-state index in [2.05, 4.69) is 56.3 Å². The van der Waals surface area contributed by atoms with Gasteiger partial charge in [-0.1, -0.05) is 53.6 Å². The summed E-state index contributed by atoms with van der Waals surface area (Å²) in [4.78, 5) is 0. The third-order valence-electron chi connectivity index (χ3n) is 2.92. The molecule has 0 aliphatic rings. The van der Waals surface area contributed by atoms with Crippen LogP contribution >= 0.6 is 0 Å². The fourth-order valence-corrected chi connectivity index (χ4v) is 2.01. The first-order chi connectivity index (χ1) is 8.20. The highest BCUT2D eigenvalue weighted by atomic mass is 16.5. The first-order valence-electron chi connectivity index (χ1n) is 5.86. The fraction of sp³-hybridized carbons (Fsp3) is 0.250. The lowest BCUT2D eigenvalue weighted by molar-refractivity contribution is 0.185. The van der Waals surface area contributed by atoms with E-state index in [4.69, 9.17) is 4.74 Å². The summed E-state index contributed by atoms with van der Waals surface area (Å²) in [5, 5.41) is 0. The normalized spacial score (nSPS) is 10.5. The maximum absolute atomic E-state index is 5.27. The zero-order valence-electron chi connectivity index (χ0n) is 10.7. The number of hydrogen-bond donors (Lipinski definition) is 0. The smallest absolute Gasteiger partial charge is 0.0719 e. The monoisotopic (exact) mass is 226 g/mol. The van der Waals surface area contributed by atoms with E-state index < -0.39 is 0 Å². The van der Waals surface area contributed by atoms with Crippen LogP contribution < -0.4 is 0 Å². The minimum atomic E-state index is 0.658. The number of methoxy groups -OCH3 is 1. The number of benzene rings is 2. The summed E-state index contributed by atoms with van der Waals surface area (Å²) in [7, 11) is 1.74. The average Bonchev–Trinajstić information content (AvgIpc) is 2.31. The highest BCUT2D eigenvalue weighted by Gasteiger charge is 2.05. The molecule has 2 aromatic rings. The van der Waals surface area contributed by atoms with Crippen LogP contribution in [0, 0.1) is 13.8 Å². The molecular weight excluding hydrogens is 208 g/mol. The molecule has 0 radical (unpaired) electrons. The van der Waals surface area contributed by atoms with Crippen LogP contribution in [0.5, 0.6) is 0 Å². The van der Waals surface area contributed by atoms with E-state index in [9.17, 15) is 0 Å². The molecule has 1 nitrogen and oxygen atoms in total. The van der Waals surface area contributed by atoms with Gasteiger partial charge in [0.25, 0.3) is 0 Å².